The van der Waals surface area contributed by atoms with Crippen LogP contribution in [0.1, 0.15) is 70.6 Å². The second-order valence-electron chi connectivity index (χ2n) is 8.47. The zero-order valence-corrected chi connectivity index (χ0v) is 18.8. The molecule has 2 fully saturated rings. The van der Waals surface area contributed by atoms with Gasteiger partial charge >= 0.3 is 0 Å². The number of hydrogen-bond donors (Lipinski definition) is 0. The van der Waals surface area contributed by atoms with Gasteiger partial charge in [-0.25, -0.2) is 0 Å². The van der Waals surface area contributed by atoms with E-state index in [1.807, 2.05) is 0 Å². The minimum Gasteiger partial charge on any atom is -1.00 e. The van der Waals surface area contributed by atoms with Crippen LogP contribution in [0.5, 0.6) is 0 Å². The van der Waals surface area contributed by atoms with Crippen LogP contribution in [0.15, 0.2) is 0 Å². The standard InChI is InChI=1S/C19H40N2.2BrH/c1-20(14-8-3-4-9-15-20)18-12-7-13-19-21(2)16-10-5-6-11-17-21;;/h3-19H2,1-2H3;2*1H/q+2;;/p-2. The Morgan fingerprint density at radius 1 is 0.478 bits per heavy atom. The van der Waals surface area contributed by atoms with Crippen molar-refractivity contribution in [3.05, 3.63) is 0 Å². The molecule has 0 atom stereocenters. The molecule has 2 aliphatic rings. The van der Waals surface area contributed by atoms with Crippen molar-refractivity contribution >= 4 is 0 Å². The monoisotopic (exact) mass is 454 g/mol. The molecule has 2 aliphatic heterocycles. The first kappa shape index (κ1) is 23.9. The molecule has 0 aromatic rings. The zero-order valence-electron chi connectivity index (χ0n) is 15.7. The topological polar surface area (TPSA) is 0 Å². The maximum absolute atomic E-state index is 2.51. The Labute approximate surface area is 166 Å². The quantitative estimate of drug-likeness (QED) is 0.327. The fourth-order valence-corrected chi connectivity index (χ4v) is 4.52. The van der Waals surface area contributed by atoms with Gasteiger partial charge in [0.25, 0.3) is 0 Å². The van der Waals surface area contributed by atoms with Gasteiger partial charge in [-0.3, -0.25) is 0 Å². The Morgan fingerprint density at radius 3 is 1.09 bits per heavy atom. The molecule has 23 heavy (non-hydrogen) atoms. The number of rotatable bonds is 6. The number of quaternary nitrogens is 2. The third-order valence-corrected chi connectivity index (χ3v) is 6.19. The third kappa shape index (κ3) is 9.23. The summed E-state index contributed by atoms with van der Waals surface area (Å²) < 4.78 is 2.73. The number of halogens is 2. The molecule has 0 N–H and O–H groups in total. The predicted octanol–water partition coefficient (Wildman–Crippen LogP) is -1.79. The molecule has 0 spiro atoms. The van der Waals surface area contributed by atoms with Gasteiger partial charge in [-0.05, 0) is 70.6 Å². The van der Waals surface area contributed by atoms with E-state index in [1.54, 1.807) is 0 Å². The highest BCUT2D eigenvalue weighted by molar-refractivity contribution is 4.54. The van der Waals surface area contributed by atoms with Crippen molar-refractivity contribution in [1.29, 1.82) is 0 Å². The van der Waals surface area contributed by atoms with Gasteiger partial charge in [0.1, 0.15) is 0 Å². The normalized spacial score (nSPS) is 23.7. The molecule has 0 amide bonds. The Balaban J connectivity index is 0.00000242. The molecule has 140 valence electrons. The first-order valence-corrected chi connectivity index (χ1v) is 9.79. The van der Waals surface area contributed by atoms with Gasteiger partial charge < -0.3 is 42.9 Å². The summed E-state index contributed by atoms with van der Waals surface area (Å²) in [6, 6.07) is 0. The van der Waals surface area contributed by atoms with Crippen molar-refractivity contribution in [2.24, 2.45) is 0 Å². The zero-order chi connectivity index (χ0) is 15.0. The van der Waals surface area contributed by atoms with Crippen molar-refractivity contribution in [1.82, 2.24) is 0 Å². The van der Waals surface area contributed by atoms with E-state index >= 15 is 0 Å². The van der Waals surface area contributed by atoms with Crippen LogP contribution >= 0.6 is 0 Å². The molecule has 0 radical (unpaired) electrons. The molecule has 0 aromatic heterocycles. The lowest BCUT2D eigenvalue weighted by molar-refractivity contribution is -0.911. The largest absolute Gasteiger partial charge is 1.00 e. The van der Waals surface area contributed by atoms with Crippen LogP contribution in [0.4, 0.5) is 0 Å². The van der Waals surface area contributed by atoms with E-state index in [-0.39, 0.29) is 34.0 Å². The molecular formula is C19H40Br2N2. The second kappa shape index (κ2) is 12.3. The fourth-order valence-electron chi connectivity index (χ4n) is 4.52. The van der Waals surface area contributed by atoms with Gasteiger partial charge in [0.05, 0.1) is 53.4 Å². The van der Waals surface area contributed by atoms with Crippen LogP contribution in [0.2, 0.25) is 0 Å². The van der Waals surface area contributed by atoms with Crippen LogP contribution in [0.25, 0.3) is 0 Å². The van der Waals surface area contributed by atoms with Gasteiger partial charge in [-0.1, -0.05) is 0 Å². The van der Waals surface area contributed by atoms with Crippen LogP contribution in [0.3, 0.4) is 0 Å². The van der Waals surface area contributed by atoms with Crippen LogP contribution in [-0.4, -0.2) is 62.3 Å². The summed E-state index contributed by atoms with van der Waals surface area (Å²) in [5.41, 5.74) is 0. The maximum Gasteiger partial charge on any atom is 0.0784 e. The van der Waals surface area contributed by atoms with Crippen molar-refractivity contribution in [3.8, 4) is 0 Å². The molecule has 0 aromatic carbocycles. The van der Waals surface area contributed by atoms with Crippen LogP contribution < -0.4 is 34.0 Å². The lowest BCUT2D eigenvalue weighted by Crippen LogP contribution is -3.00. The fraction of sp³-hybridized carbons (Fsp3) is 1.00. The van der Waals surface area contributed by atoms with E-state index in [0.29, 0.717) is 0 Å². The first-order chi connectivity index (χ1) is 10.1. The van der Waals surface area contributed by atoms with Gasteiger partial charge in [-0.2, -0.15) is 0 Å². The maximum atomic E-state index is 2.51. The van der Waals surface area contributed by atoms with Gasteiger partial charge in [0.2, 0.25) is 0 Å². The predicted molar refractivity (Wildman–Crippen MR) is 92.4 cm³/mol. The first-order valence-electron chi connectivity index (χ1n) is 9.79. The molecule has 2 heterocycles. The summed E-state index contributed by atoms with van der Waals surface area (Å²) in [6.45, 7) is 8.62. The van der Waals surface area contributed by atoms with E-state index in [2.05, 4.69) is 14.1 Å². The SMILES string of the molecule is C[N+]1(CCCCC[N+]2(C)CCCCCC2)CCCCCC1.[Br-].[Br-]. The van der Waals surface area contributed by atoms with E-state index in [1.165, 1.54) is 119 Å². The number of unbranched alkanes of at least 4 members (excludes halogenated alkanes) is 2. The minimum absolute atomic E-state index is 0. The Kier molecular flexibility index (Phi) is 12.7. The van der Waals surface area contributed by atoms with Gasteiger partial charge in [0.15, 0.2) is 0 Å². The molecule has 2 saturated heterocycles. The Hall–Kier alpha value is 0.880. The third-order valence-electron chi connectivity index (χ3n) is 6.19. The van der Waals surface area contributed by atoms with Crippen LogP contribution in [0, 0.1) is 0 Å². The van der Waals surface area contributed by atoms with E-state index in [4.69, 9.17) is 0 Å². The van der Waals surface area contributed by atoms with Crippen molar-refractivity contribution in [2.75, 3.05) is 53.4 Å². The van der Waals surface area contributed by atoms with Crippen molar-refractivity contribution < 1.29 is 42.9 Å². The molecule has 4 heteroatoms. The van der Waals surface area contributed by atoms with Crippen molar-refractivity contribution in [3.63, 3.8) is 0 Å². The number of likely N-dealkylation sites (tertiary alicyclic amines) is 2. The van der Waals surface area contributed by atoms with Crippen LogP contribution in [-0.2, 0) is 0 Å². The Morgan fingerprint density at radius 2 is 0.783 bits per heavy atom. The molecule has 0 saturated carbocycles. The molecule has 2 rings (SSSR count). The van der Waals surface area contributed by atoms with Gasteiger partial charge in [0, 0.05) is 0 Å². The lowest BCUT2D eigenvalue weighted by Gasteiger charge is -2.35. The highest BCUT2D eigenvalue weighted by Gasteiger charge is 2.24. The molecule has 0 bridgehead atoms. The smallest absolute Gasteiger partial charge is 0.0784 e. The van der Waals surface area contributed by atoms with Crippen molar-refractivity contribution in [2.45, 2.75) is 70.6 Å². The summed E-state index contributed by atoms with van der Waals surface area (Å²) in [4.78, 5) is 0. The average molecular weight is 456 g/mol. The summed E-state index contributed by atoms with van der Waals surface area (Å²) >= 11 is 0. The molecule has 2 nitrogen and oxygen atoms in total. The number of hydrogen-bond acceptors (Lipinski definition) is 0. The number of nitrogens with zero attached hydrogens (tertiary/aromatic N) is 2. The van der Waals surface area contributed by atoms with E-state index in [9.17, 15) is 0 Å². The molecule has 0 unspecified atom stereocenters. The summed E-state index contributed by atoms with van der Waals surface area (Å²) in [5, 5.41) is 0. The molecular weight excluding hydrogens is 416 g/mol. The Bertz CT molecular complexity index is 253. The lowest BCUT2D eigenvalue weighted by atomic mass is 10.1. The summed E-state index contributed by atoms with van der Waals surface area (Å²) in [7, 11) is 5.02. The van der Waals surface area contributed by atoms with Gasteiger partial charge in [-0.15, -0.1) is 0 Å². The highest BCUT2D eigenvalue weighted by Crippen LogP contribution is 2.19. The highest BCUT2D eigenvalue weighted by atomic mass is 79.9. The second-order valence-corrected chi connectivity index (χ2v) is 8.47. The van der Waals surface area contributed by atoms with E-state index < -0.39 is 0 Å². The average Bonchev–Trinajstić information content (AvgIpc) is 2.80. The minimum atomic E-state index is 0. The summed E-state index contributed by atoms with van der Waals surface area (Å²) in [5.74, 6) is 0. The van der Waals surface area contributed by atoms with E-state index in [0.717, 1.165) is 0 Å². The molecule has 0 aliphatic carbocycles. The summed E-state index contributed by atoms with van der Waals surface area (Å²) in [6.07, 6.45) is 16.1.